The number of piperidine rings is 2. The summed E-state index contributed by atoms with van der Waals surface area (Å²) in [6.07, 6.45) is -0.808. The highest BCUT2D eigenvalue weighted by atomic mass is 35.5. The van der Waals surface area contributed by atoms with E-state index in [2.05, 4.69) is 10.6 Å². The number of benzene rings is 4. The van der Waals surface area contributed by atoms with Gasteiger partial charge < -0.3 is 59.5 Å². The van der Waals surface area contributed by atoms with Crippen molar-refractivity contribution < 1.29 is 48.7 Å². The Labute approximate surface area is 399 Å². The Kier molecular flexibility index (Phi) is 16.7. The Bertz CT molecular complexity index is 2890. The van der Waals surface area contributed by atoms with Crippen molar-refractivity contribution in [2.45, 2.75) is 50.7 Å². The fourth-order valence-corrected chi connectivity index (χ4v) is 8.95. The summed E-state index contributed by atoms with van der Waals surface area (Å²) >= 11 is 17.4. The molecule has 4 heterocycles. The highest BCUT2D eigenvalue weighted by Crippen LogP contribution is 2.45. The number of aliphatic hydroxyl groups is 1. The molecule has 8 rings (SSSR count). The summed E-state index contributed by atoms with van der Waals surface area (Å²) < 4.78 is 17.8. The lowest BCUT2D eigenvalue weighted by atomic mass is 9.85. The van der Waals surface area contributed by atoms with Crippen molar-refractivity contribution in [2.75, 3.05) is 53.4 Å². The molecule has 4 aromatic carbocycles. The Morgan fingerprint density at radius 2 is 1.13 bits per heavy atom. The van der Waals surface area contributed by atoms with Gasteiger partial charge in [0.15, 0.2) is 10.9 Å². The Hall–Kier alpha value is -6.01. The zero-order valence-electron chi connectivity index (χ0n) is 37.0. The first kappa shape index (κ1) is 50.4. The van der Waals surface area contributed by atoms with Gasteiger partial charge in [0.2, 0.25) is 0 Å². The number of hydrogen-bond acceptors (Lipinski definition) is 14. The number of fused-ring (bicyclic) bond motifs is 2. The van der Waals surface area contributed by atoms with Gasteiger partial charge in [0.05, 0.1) is 16.1 Å². The molecule has 67 heavy (non-hydrogen) atoms. The van der Waals surface area contributed by atoms with E-state index in [0.29, 0.717) is 77.9 Å². The van der Waals surface area contributed by atoms with Crippen LogP contribution in [-0.2, 0) is 4.74 Å². The van der Waals surface area contributed by atoms with Crippen molar-refractivity contribution in [3.05, 3.63) is 114 Å². The maximum Gasteiger partial charge on any atom is 0.407 e. The smallest absolute Gasteiger partial charge is 0.407 e. The van der Waals surface area contributed by atoms with Crippen LogP contribution >= 0.6 is 34.8 Å². The second-order valence-electron chi connectivity index (χ2n) is 16.1. The number of halogens is 3. The topological polar surface area (TPSA) is 235 Å². The number of alkyl carbamates (subject to hydrolysis) is 1. The summed E-state index contributed by atoms with van der Waals surface area (Å²) in [5, 5.41) is 57.9. The Balaban J connectivity index is 0.000000199. The van der Waals surface area contributed by atoms with Crippen LogP contribution in [-0.4, -0.2) is 112 Å². The molecule has 0 unspecified atom stereocenters. The number of phenols is 4. The molecule has 7 N–H and O–H groups in total. The largest absolute Gasteiger partial charge is 0.507 e. The van der Waals surface area contributed by atoms with Crippen LogP contribution in [0, 0.1) is 0 Å². The molecular weight excluding hydrogens is 931 g/mol. The van der Waals surface area contributed by atoms with Crippen LogP contribution < -0.4 is 21.5 Å². The number of nitrogens with one attached hydrogen (secondary N) is 2. The van der Waals surface area contributed by atoms with E-state index < -0.39 is 46.4 Å². The van der Waals surface area contributed by atoms with E-state index in [-0.39, 0.29) is 56.5 Å². The SMILES string of the molecule is CCNC(=O)Cl.CCNC(=O)O[C@@H]1CN(C)CC[C@@H]1c1c(O)cc(O)c2c(=O)cc(-c3ccccc3Cl)oc12.CN1CC[C@H](c2c(O)cc(O)c3c(=O)cc(-c4ccccc4Cl)oc23)[C@H](O)C1. The van der Waals surface area contributed by atoms with E-state index in [4.69, 9.17) is 48.4 Å². The maximum absolute atomic E-state index is 13.0. The molecule has 0 radical (unpaired) electrons. The molecule has 6 aromatic rings. The van der Waals surface area contributed by atoms with Gasteiger partial charge in [-0.3, -0.25) is 14.4 Å². The lowest BCUT2D eigenvalue weighted by molar-refractivity contribution is 0.0355. The first-order chi connectivity index (χ1) is 31.9. The van der Waals surface area contributed by atoms with Gasteiger partial charge in [-0.05, 0) is 89.7 Å². The quantitative estimate of drug-likeness (QED) is 0.0589. The molecule has 4 atom stereocenters. The minimum atomic E-state index is -0.744. The van der Waals surface area contributed by atoms with Crippen LogP contribution in [0.1, 0.15) is 49.7 Å². The van der Waals surface area contributed by atoms with Crippen molar-refractivity contribution >= 4 is 68.2 Å². The summed E-state index contributed by atoms with van der Waals surface area (Å²) in [6, 6.07) is 18.7. The number of hydrogen-bond donors (Lipinski definition) is 7. The number of nitrogens with zero attached hydrogens (tertiary/aromatic N) is 2. The zero-order valence-corrected chi connectivity index (χ0v) is 39.3. The van der Waals surface area contributed by atoms with E-state index in [9.17, 15) is 44.7 Å². The Morgan fingerprint density at radius 1 is 0.687 bits per heavy atom. The fraction of sp³-hybridized carbons (Fsp3) is 0.333. The predicted molar refractivity (Wildman–Crippen MR) is 257 cm³/mol. The van der Waals surface area contributed by atoms with Crippen LogP contribution in [0.2, 0.25) is 10.0 Å². The molecule has 0 spiro atoms. The normalized spacial score (nSPS) is 18.6. The molecular formula is C48H51Cl3N4O12. The molecule has 0 aliphatic carbocycles. The highest BCUT2D eigenvalue weighted by molar-refractivity contribution is 6.62. The van der Waals surface area contributed by atoms with Gasteiger partial charge in [0, 0.05) is 84.5 Å². The molecule has 0 saturated carbocycles. The summed E-state index contributed by atoms with van der Waals surface area (Å²) in [7, 11) is 3.82. The van der Waals surface area contributed by atoms with Gasteiger partial charge in [-0.1, -0.05) is 47.5 Å². The fourth-order valence-electron chi connectivity index (χ4n) is 8.36. The van der Waals surface area contributed by atoms with Crippen LogP contribution in [0.3, 0.4) is 0 Å². The van der Waals surface area contributed by atoms with Gasteiger partial charge in [-0.2, -0.15) is 0 Å². The van der Waals surface area contributed by atoms with Gasteiger partial charge >= 0.3 is 11.5 Å². The van der Waals surface area contributed by atoms with E-state index >= 15 is 0 Å². The van der Waals surface area contributed by atoms with Gasteiger partial charge in [0.25, 0.3) is 0 Å². The second kappa shape index (κ2) is 22.2. The monoisotopic (exact) mass is 980 g/mol. The van der Waals surface area contributed by atoms with Crippen LogP contribution in [0.15, 0.2) is 91.2 Å². The minimum Gasteiger partial charge on any atom is -0.507 e. The number of carbonyl (C=O) groups excluding carboxylic acids is 2. The molecule has 2 aliphatic heterocycles. The number of likely N-dealkylation sites (N-methyl/N-ethyl adjacent to an activating group) is 2. The number of carbonyl (C=O) groups is 2. The first-order valence-corrected chi connectivity index (χ1v) is 22.5. The predicted octanol–water partition coefficient (Wildman–Crippen LogP) is 8.32. The maximum atomic E-state index is 13.0. The van der Waals surface area contributed by atoms with Crippen molar-refractivity contribution in [1.82, 2.24) is 20.4 Å². The minimum absolute atomic E-state index is 0.0188. The number of β-amino-alcohol motifs (C(OH)–C–C–N with tert-alkyl or cyclic N) is 1. The molecule has 2 fully saturated rings. The standard InChI is InChI=1S/C24H25ClN2O6.C21H20ClNO5.C3H6ClNO/c1-3-26-24(31)33-20-12-27(2)9-8-14(20)21-16(28)10-17(29)22-18(30)11-19(32-23(21)22)13-6-4-5-7-15(13)25;1-23-7-6-12(17(27)10-23)19-14(24)8-15(25)20-16(26)9-18(28-21(19)20)11-4-2-3-5-13(11)22;1-2-5-3(4)6/h4-7,10-11,14,20,28-29H,3,8-9,12H2,1-2H3,(H,26,31);2-5,8-9,12,17,24-25,27H,6-7,10H2,1H3;2H2,1H3,(H,5,6)/t14-,20+;12-,17+;/m00./s1. The third kappa shape index (κ3) is 11.6. The summed E-state index contributed by atoms with van der Waals surface area (Å²) in [5.74, 6) is -1.65. The van der Waals surface area contributed by atoms with Gasteiger partial charge in [-0.15, -0.1) is 0 Å². The van der Waals surface area contributed by atoms with Crippen molar-refractivity contribution in [3.63, 3.8) is 0 Å². The third-order valence-electron chi connectivity index (χ3n) is 11.5. The van der Waals surface area contributed by atoms with Gasteiger partial charge in [0.1, 0.15) is 62.6 Å². The number of ether oxygens (including phenoxy) is 1. The average Bonchev–Trinajstić information content (AvgIpc) is 3.25. The molecule has 356 valence electrons. The van der Waals surface area contributed by atoms with Crippen molar-refractivity contribution in [2.24, 2.45) is 0 Å². The van der Waals surface area contributed by atoms with Crippen LogP contribution in [0.4, 0.5) is 9.59 Å². The summed E-state index contributed by atoms with van der Waals surface area (Å²) in [6.45, 7) is 6.86. The average molecular weight is 982 g/mol. The molecule has 19 heteroatoms. The van der Waals surface area contributed by atoms with Crippen molar-refractivity contribution in [1.29, 1.82) is 0 Å². The Morgan fingerprint density at radius 3 is 1.57 bits per heavy atom. The number of rotatable bonds is 7. The summed E-state index contributed by atoms with van der Waals surface area (Å²) in [5.41, 5.74) is 0.890. The second-order valence-corrected chi connectivity index (χ2v) is 17.3. The van der Waals surface area contributed by atoms with E-state index in [1.165, 1.54) is 12.1 Å². The zero-order chi connectivity index (χ0) is 48.7. The van der Waals surface area contributed by atoms with E-state index in [0.717, 1.165) is 18.7 Å². The van der Waals surface area contributed by atoms with Gasteiger partial charge in [-0.25, -0.2) is 4.79 Å². The molecule has 16 nitrogen and oxygen atoms in total. The first-order valence-electron chi connectivity index (χ1n) is 21.4. The molecule has 2 saturated heterocycles. The molecule has 2 aliphatic rings. The lowest BCUT2D eigenvalue weighted by Crippen LogP contribution is -2.44. The van der Waals surface area contributed by atoms with Crippen molar-refractivity contribution in [3.8, 4) is 45.6 Å². The molecule has 0 bridgehead atoms. The number of likely N-dealkylation sites (tertiary alicyclic amines) is 2. The van der Waals surface area contributed by atoms with E-state index in [1.807, 2.05) is 23.9 Å². The van der Waals surface area contributed by atoms with Crippen LogP contribution in [0.5, 0.6) is 23.0 Å². The number of aromatic hydroxyl groups is 4. The number of amides is 2. The third-order valence-corrected chi connectivity index (χ3v) is 12.3. The summed E-state index contributed by atoms with van der Waals surface area (Å²) in [4.78, 5) is 51.7. The van der Waals surface area contributed by atoms with Crippen LogP contribution in [0.25, 0.3) is 44.6 Å². The van der Waals surface area contributed by atoms with E-state index in [1.54, 1.807) is 62.4 Å². The number of phenolic OH excluding ortho intramolecular Hbond substituents is 4. The highest BCUT2D eigenvalue weighted by Gasteiger charge is 2.37. The molecule has 2 amide bonds. The lowest BCUT2D eigenvalue weighted by Gasteiger charge is -2.36. The number of aliphatic hydroxyl groups excluding tert-OH is 1. The molecule has 2 aromatic heterocycles.